The highest BCUT2D eigenvalue weighted by Gasteiger charge is 2.64. The SMILES string of the molecule is O=C(Nc1cccc(C(F)(F)F)c1)[C@@H]1[C@@H]2C(=O)N(c3cccc([N+](=O)[O-])c3)C(=O)[C@H]2[C@H]2c3ccccc3C=CN12. The second-order valence-electron chi connectivity index (χ2n) is 9.69. The van der Waals surface area contributed by atoms with E-state index in [1.807, 2.05) is 6.07 Å². The van der Waals surface area contributed by atoms with E-state index in [4.69, 9.17) is 0 Å². The van der Waals surface area contributed by atoms with Crippen LogP contribution in [0.5, 0.6) is 0 Å². The van der Waals surface area contributed by atoms with Gasteiger partial charge in [-0.1, -0.05) is 36.4 Å². The summed E-state index contributed by atoms with van der Waals surface area (Å²) in [5.74, 6) is -4.32. The zero-order chi connectivity index (χ0) is 28.3. The molecule has 3 heterocycles. The number of non-ortho nitro benzene ring substituents is 1. The minimum Gasteiger partial charge on any atom is -0.357 e. The number of rotatable bonds is 4. The van der Waals surface area contributed by atoms with Crippen molar-refractivity contribution in [1.29, 1.82) is 0 Å². The van der Waals surface area contributed by atoms with Crippen molar-refractivity contribution in [2.24, 2.45) is 11.8 Å². The molecule has 3 amide bonds. The number of anilines is 2. The Morgan fingerprint density at radius 1 is 0.925 bits per heavy atom. The van der Waals surface area contributed by atoms with E-state index in [1.54, 1.807) is 35.4 Å². The molecule has 12 heteroatoms. The molecule has 2 fully saturated rings. The van der Waals surface area contributed by atoms with Gasteiger partial charge in [-0.05, 0) is 41.5 Å². The molecule has 0 aromatic heterocycles. The minimum absolute atomic E-state index is 0.00169. The Morgan fingerprint density at radius 3 is 2.40 bits per heavy atom. The van der Waals surface area contributed by atoms with Crippen LogP contribution >= 0.6 is 0 Å². The van der Waals surface area contributed by atoms with Crippen LogP contribution in [0.4, 0.5) is 30.2 Å². The first-order valence-corrected chi connectivity index (χ1v) is 12.2. The van der Waals surface area contributed by atoms with Crippen molar-refractivity contribution in [3.63, 3.8) is 0 Å². The van der Waals surface area contributed by atoms with E-state index in [1.165, 1.54) is 24.3 Å². The van der Waals surface area contributed by atoms with E-state index < -0.39 is 58.3 Å². The topological polar surface area (TPSA) is 113 Å². The average Bonchev–Trinajstić information content (AvgIpc) is 3.40. The van der Waals surface area contributed by atoms with Gasteiger partial charge in [-0.25, -0.2) is 4.90 Å². The fraction of sp³-hybridized carbons (Fsp3) is 0.179. The summed E-state index contributed by atoms with van der Waals surface area (Å²) in [4.78, 5) is 54.5. The number of fused-ring (bicyclic) bond motifs is 5. The predicted octanol–water partition coefficient (Wildman–Crippen LogP) is 4.77. The number of nitro groups is 1. The Bertz CT molecular complexity index is 1620. The van der Waals surface area contributed by atoms with Crippen molar-refractivity contribution >= 4 is 40.9 Å². The largest absolute Gasteiger partial charge is 0.416 e. The van der Waals surface area contributed by atoms with Gasteiger partial charge >= 0.3 is 6.18 Å². The van der Waals surface area contributed by atoms with Crippen LogP contribution in [0.1, 0.15) is 22.7 Å². The summed E-state index contributed by atoms with van der Waals surface area (Å²) in [5, 5.41) is 13.8. The molecule has 6 rings (SSSR count). The third-order valence-corrected chi connectivity index (χ3v) is 7.49. The number of nitro benzene ring substituents is 1. The summed E-state index contributed by atoms with van der Waals surface area (Å²) in [5.41, 5.74) is 0.104. The van der Waals surface area contributed by atoms with E-state index in [0.717, 1.165) is 34.7 Å². The number of nitrogens with one attached hydrogen (secondary N) is 1. The highest BCUT2D eigenvalue weighted by atomic mass is 19.4. The summed E-state index contributed by atoms with van der Waals surface area (Å²) < 4.78 is 39.8. The normalized spacial score (nSPS) is 23.1. The van der Waals surface area contributed by atoms with Gasteiger partial charge in [-0.15, -0.1) is 0 Å². The molecule has 40 heavy (non-hydrogen) atoms. The van der Waals surface area contributed by atoms with Crippen molar-refractivity contribution < 1.29 is 32.5 Å². The fourth-order valence-corrected chi connectivity index (χ4v) is 5.85. The van der Waals surface area contributed by atoms with Crippen LogP contribution in [0.15, 0.2) is 79.0 Å². The van der Waals surface area contributed by atoms with Crippen molar-refractivity contribution in [2.75, 3.05) is 10.2 Å². The van der Waals surface area contributed by atoms with Crippen LogP contribution in [0, 0.1) is 22.0 Å². The third kappa shape index (κ3) is 3.91. The smallest absolute Gasteiger partial charge is 0.357 e. The fourth-order valence-electron chi connectivity index (χ4n) is 5.85. The number of carbonyl (C=O) groups excluding carboxylic acids is 3. The molecule has 1 N–H and O–H groups in total. The molecular formula is C28H19F3N4O5. The lowest BCUT2D eigenvalue weighted by Gasteiger charge is -2.35. The van der Waals surface area contributed by atoms with E-state index in [2.05, 4.69) is 5.32 Å². The number of carbonyl (C=O) groups is 3. The molecule has 0 spiro atoms. The summed E-state index contributed by atoms with van der Waals surface area (Å²) in [6.07, 6.45) is -1.28. The number of amides is 3. The summed E-state index contributed by atoms with van der Waals surface area (Å²) in [6, 6.07) is 14.4. The van der Waals surface area contributed by atoms with Crippen LogP contribution in [0.2, 0.25) is 0 Å². The predicted molar refractivity (Wildman–Crippen MR) is 136 cm³/mol. The van der Waals surface area contributed by atoms with E-state index in [9.17, 15) is 37.7 Å². The average molecular weight is 548 g/mol. The zero-order valence-corrected chi connectivity index (χ0v) is 20.4. The number of benzene rings is 3. The number of imide groups is 1. The van der Waals surface area contributed by atoms with Gasteiger partial charge in [0.1, 0.15) is 6.04 Å². The Morgan fingerprint density at radius 2 is 1.65 bits per heavy atom. The molecule has 3 aromatic rings. The first kappa shape index (κ1) is 25.3. The first-order valence-electron chi connectivity index (χ1n) is 12.2. The second kappa shape index (κ2) is 9.04. The molecule has 4 atom stereocenters. The lowest BCUT2D eigenvalue weighted by Crippen LogP contribution is -2.46. The van der Waals surface area contributed by atoms with Gasteiger partial charge in [0.25, 0.3) is 5.69 Å². The molecule has 202 valence electrons. The van der Waals surface area contributed by atoms with Gasteiger partial charge in [-0.2, -0.15) is 13.2 Å². The minimum atomic E-state index is -4.63. The van der Waals surface area contributed by atoms with Crippen LogP contribution in [-0.4, -0.2) is 33.6 Å². The molecule has 0 unspecified atom stereocenters. The van der Waals surface area contributed by atoms with E-state index in [0.29, 0.717) is 5.56 Å². The van der Waals surface area contributed by atoms with Gasteiger partial charge < -0.3 is 10.2 Å². The molecule has 3 aliphatic rings. The van der Waals surface area contributed by atoms with Crippen molar-refractivity contribution in [3.05, 3.63) is 106 Å². The van der Waals surface area contributed by atoms with E-state index >= 15 is 0 Å². The lowest BCUT2D eigenvalue weighted by molar-refractivity contribution is -0.384. The molecule has 0 saturated carbocycles. The number of hydrogen-bond donors (Lipinski definition) is 1. The molecule has 9 nitrogen and oxygen atoms in total. The summed E-state index contributed by atoms with van der Waals surface area (Å²) in [7, 11) is 0. The maximum atomic E-state index is 13.9. The Hall–Kier alpha value is -5.00. The van der Waals surface area contributed by atoms with Crippen LogP contribution in [0.3, 0.4) is 0 Å². The van der Waals surface area contributed by atoms with Gasteiger partial charge in [0.15, 0.2) is 0 Å². The van der Waals surface area contributed by atoms with Gasteiger partial charge in [-0.3, -0.25) is 24.5 Å². The van der Waals surface area contributed by atoms with Crippen LogP contribution in [0.25, 0.3) is 6.08 Å². The quantitative estimate of drug-likeness (QED) is 0.286. The van der Waals surface area contributed by atoms with Crippen molar-refractivity contribution in [2.45, 2.75) is 18.3 Å². The zero-order valence-electron chi connectivity index (χ0n) is 20.4. The van der Waals surface area contributed by atoms with Crippen LogP contribution in [-0.2, 0) is 20.6 Å². The molecule has 0 radical (unpaired) electrons. The summed E-state index contributed by atoms with van der Waals surface area (Å²) >= 11 is 0. The highest BCUT2D eigenvalue weighted by molar-refractivity contribution is 6.24. The second-order valence-corrected chi connectivity index (χ2v) is 9.69. The van der Waals surface area contributed by atoms with Gasteiger partial charge in [0.05, 0.1) is 34.1 Å². The van der Waals surface area contributed by atoms with E-state index in [-0.39, 0.29) is 17.1 Å². The molecular weight excluding hydrogens is 529 g/mol. The van der Waals surface area contributed by atoms with Gasteiger partial charge in [0, 0.05) is 24.0 Å². The number of halogens is 3. The molecule has 2 saturated heterocycles. The van der Waals surface area contributed by atoms with Crippen molar-refractivity contribution in [3.8, 4) is 0 Å². The Balaban J connectivity index is 1.42. The number of hydrogen-bond acceptors (Lipinski definition) is 6. The highest BCUT2D eigenvalue weighted by Crippen LogP contribution is 2.53. The first-order chi connectivity index (χ1) is 19.1. The number of alkyl halides is 3. The standard InChI is InChI=1S/C28H19F3N4O5/c29-28(30,31)16-6-3-7-17(13-16)32-25(36)24-22-21(23-20-10-2-1-5-15(20)11-12-33(23)24)26(37)34(27(22)38)18-8-4-9-19(14-18)35(39)40/h1-14,21-24H,(H,32,36)/t21-,22-,23-,24+/m1/s1. The maximum absolute atomic E-state index is 13.9. The Labute approximate surface area is 224 Å². The molecule has 3 aliphatic heterocycles. The summed E-state index contributed by atoms with van der Waals surface area (Å²) in [6.45, 7) is 0. The molecule has 0 aliphatic carbocycles. The third-order valence-electron chi connectivity index (χ3n) is 7.49. The lowest BCUT2D eigenvalue weighted by atomic mass is 9.84. The Kier molecular flexibility index (Phi) is 5.71. The molecule has 3 aromatic carbocycles. The maximum Gasteiger partial charge on any atom is 0.416 e. The number of nitrogens with zero attached hydrogens (tertiary/aromatic N) is 3. The van der Waals surface area contributed by atoms with Crippen LogP contribution < -0.4 is 10.2 Å². The van der Waals surface area contributed by atoms with Gasteiger partial charge in [0.2, 0.25) is 17.7 Å². The van der Waals surface area contributed by atoms with Crippen molar-refractivity contribution in [1.82, 2.24) is 4.90 Å². The monoisotopic (exact) mass is 548 g/mol. The molecule has 0 bridgehead atoms.